The molecule has 0 unspecified atom stereocenters. The Labute approximate surface area is 125 Å². The Hall–Kier alpha value is -1.59. The topological polar surface area (TPSA) is 65.3 Å². The molecule has 0 spiro atoms. The number of hydrogen-bond donors (Lipinski definition) is 2. The van der Waals surface area contributed by atoms with Gasteiger partial charge in [-0.2, -0.15) is 5.10 Å². The third-order valence-electron chi connectivity index (χ3n) is 4.30. The third-order valence-corrected chi connectivity index (χ3v) is 4.30. The summed E-state index contributed by atoms with van der Waals surface area (Å²) >= 11 is 0. The van der Waals surface area contributed by atoms with Gasteiger partial charge in [-0.05, 0) is 43.5 Å². The van der Waals surface area contributed by atoms with Crippen molar-refractivity contribution in [1.82, 2.24) is 15.1 Å². The number of aromatic amines is 1. The molecule has 1 atom stereocenters. The number of nitrogens with zero attached hydrogens (tertiary/aromatic N) is 2. The summed E-state index contributed by atoms with van der Waals surface area (Å²) in [6.07, 6.45) is 5.39. The Morgan fingerprint density at radius 2 is 2.29 bits per heavy atom. The fourth-order valence-corrected chi connectivity index (χ4v) is 3.20. The summed E-state index contributed by atoms with van der Waals surface area (Å²) in [4.78, 5) is 2.43. The van der Waals surface area contributed by atoms with Gasteiger partial charge < -0.3 is 9.52 Å². The van der Waals surface area contributed by atoms with E-state index in [-0.39, 0.29) is 6.61 Å². The van der Waals surface area contributed by atoms with Crippen LogP contribution in [0.1, 0.15) is 48.5 Å². The van der Waals surface area contributed by atoms with Crippen molar-refractivity contribution in [3.63, 3.8) is 0 Å². The Morgan fingerprint density at radius 1 is 1.43 bits per heavy atom. The minimum absolute atomic E-state index is 0.0311. The summed E-state index contributed by atoms with van der Waals surface area (Å²) in [5.41, 5.74) is 2.64. The third kappa shape index (κ3) is 3.19. The van der Waals surface area contributed by atoms with Crippen molar-refractivity contribution >= 4 is 0 Å². The number of aryl methyl sites for hydroxylation is 1. The number of piperidine rings is 1. The lowest BCUT2D eigenvalue weighted by Gasteiger charge is -2.32. The Balaban J connectivity index is 1.65. The molecule has 114 valence electrons. The predicted molar refractivity (Wildman–Crippen MR) is 79.8 cm³/mol. The number of H-pyrrole nitrogens is 1. The van der Waals surface area contributed by atoms with Crippen molar-refractivity contribution in [1.29, 1.82) is 0 Å². The van der Waals surface area contributed by atoms with E-state index in [2.05, 4.69) is 22.0 Å². The molecular weight excluding hydrogens is 266 g/mol. The summed E-state index contributed by atoms with van der Waals surface area (Å²) in [6.45, 7) is 5.09. The molecule has 0 amide bonds. The van der Waals surface area contributed by atoms with Gasteiger partial charge in [0.25, 0.3) is 0 Å². The van der Waals surface area contributed by atoms with Crippen LogP contribution in [0.15, 0.2) is 22.7 Å². The predicted octanol–water partition coefficient (Wildman–Crippen LogP) is 2.44. The first-order chi connectivity index (χ1) is 10.3. The van der Waals surface area contributed by atoms with Crippen molar-refractivity contribution in [2.75, 3.05) is 13.1 Å². The van der Waals surface area contributed by atoms with Crippen molar-refractivity contribution in [2.24, 2.45) is 0 Å². The molecule has 3 rings (SSSR count). The first-order valence-corrected chi connectivity index (χ1v) is 7.73. The SMILES string of the molecule is CCc1cn[nH]c1[C@@H]1CCCN(Cc2ccc(CO)o2)C1. The van der Waals surface area contributed by atoms with Crippen LogP contribution >= 0.6 is 0 Å². The van der Waals surface area contributed by atoms with Crippen LogP contribution in [-0.2, 0) is 19.6 Å². The number of likely N-dealkylation sites (tertiary alicyclic amines) is 1. The van der Waals surface area contributed by atoms with E-state index in [0.717, 1.165) is 31.8 Å². The van der Waals surface area contributed by atoms with Gasteiger partial charge in [0.15, 0.2) is 0 Å². The number of aliphatic hydroxyl groups excluding tert-OH is 1. The van der Waals surface area contributed by atoms with E-state index in [1.165, 1.54) is 24.1 Å². The smallest absolute Gasteiger partial charge is 0.129 e. The number of nitrogens with one attached hydrogen (secondary N) is 1. The first kappa shape index (κ1) is 14.4. The number of rotatable bonds is 5. The molecule has 2 aromatic rings. The highest BCUT2D eigenvalue weighted by Gasteiger charge is 2.24. The zero-order valence-corrected chi connectivity index (χ0v) is 12.5. The number of furan rings is 1. The second-order valence-electron chi connectivity index (χ2n) is 5.76. The molecule has 0 saturated carbocycles. The summed E-state index contributed by atoms with van der Waals surface area (Å²) < 4.78 is 5.59. The average molecular weight is 289 g/mol. The summed E-state index contributed by atoms with van der Waals surface area (Å²) in [7, 11) is 0. The highest BCUT2D eigenvalue weighted by molar-refractivity contribution is 5.21. The molecule has 1 aliphatic rings. The molecule has 5 heteroatoms. The summed E-state index contributed by atoms with van der Waals surface area (Å²) in [6, 6.07) is 3.81. The molecule has 2 N–H and O–H groups in total. The molecule has 21 heavy (non-hydrogen) atoms. The fraction of sp³-hybridized carbons (Fsp3) is 0.562. The molecule has 1 fully saturated rings. The van der Waals surface area contributed by atoms with E-state index in [0.29, 0.717) is 11.7 Å². The molecule has 5 nitrogen and oxygen atoms in total. The van der Waals surface area contributed by atoms with Gasteiger partial charge in [0.05, 0.1) is 12.7 Å². The molecule has 0 radical (unpaired) electrons. The van der Waals surface area contributed by atoms with Gasteiger partial charge in [-0.25, -0.2) is 0 Å². The Bertz CT molecular complexity index is 576. The van der Waals surface area contributed by atoms with Crippen molar-refractivity contribution in [3.05, 3.63) is 41.1 Å². The van der Waals surface area contributed by atoms with Crippen LogP contribution in [0.5, 0.6) is 0 Å². The molecule has 0 bridgehead atoms. The Kier molecular flexibility index (Phi) is 4.41. The zero-order valence-electron chi connectivity index (χ0n) is 12.5. The minimum Gasteiger partial charge on any atom is -0.462 e. The van der Waals surface area contributed by atoms with E-state index >= 15 is 0 Å². The molecule has 0 aliphatic carbocycles. The zero-order chi connectivity index (χ0) is 14.7. The van der Waals surface area contributed by atoms with Crippen molar-refractivity contribution < 1.29 is 9.52 Å². The quantitative estimate of drug-likeness (QED) is 0.887. The second kappa shape index (κ2) is 6.45. The van der Waals surface area contributed by atoms with Crippen LogP contribution in [-0.4, -0.2) is 33.3 Å². The van der Waals surface area contributed by atoms with Gasteiger partial charge in [-0.1, -0.05) is 6.92 Å². The summed E-state index contributed by atoms with van der Waals surface area (Å²) in [5.74, 6) is 2.10. The van der Waals surface area contributed by atoms with Gasteiger partial charge in [-0.3, -0.25) is 10.00 Å². The second-order valence-corrected chi connectivity index (χ2v) is 5.76. The maximum Gasteiger partial charge on any atom is 0.129 e. The maximum absolute atomic E-state index is 9.06. The molecule has 1 aliphatic heterocycles. The monoisotopic (exact) mass is 289 g/mol. The van der Waals surface area contributed by atoms with Crippen LogP contribution in [0, 0.1) is 0 Å². The van der Waals surface area contributed by atoms with Crippen LogP contribution in [0.25, 0.3) is 0 Å². The molecule has 1 saturated heterocycles. The van der Waals surface area contributed by atoms with Gasteiger partial charge in [0.1, 0.15) is 18.1 Å². The maximum atomic E-state index is 9.06. The molecule has 2 aromatic heterocycles. The lowest BCUT2D eigenvalue weighted by Crippen LogP contribution is -2.34. The van der Waals surface area contributed by atoms with Gasteiger partial charge in [0.2, 0.25) is 0 Å². The standard InChI is InChI=1S/C16H23N3O2/c1-2-12-8-17-18-16(12)13-4-3-7-19(9-13)10-14-5-6-15(11-20)21-14/h5-6,8,13,20H,2-4,7,9-11H2,1H3,(H,17,18)/t13-/m1/s1. The van der Waals surface area contributed by atoms with Crippen LogP contribution < -0.4 is 0 Å². The van der Waals surface area contributed by atoms with Crippen molar-refractivity contribution in [2.45, 2.75) is 45.3 Å². The van der Waals surface area contributed by atoms with Gasteiger partial charge >= 0.3 is 0 Å². The number of aliphatic hydroxyl groups is 1. The highest BCUT2D eigenvalue weighted by Crippen LogP contribution is 2.29. The molecular formula is C16H23N3O2. The highest BCUT2D eigenvalue weighted by atomic mass is 16.4. The molecule has 0 aromatic carbocycles. The van der Waals surface area contributed by atoms with Crippen LogP contribution in [0.2, 0.25) is 0 Å². The number of hydrogen-bond acceptors (Lipinski definition) is 4. The number of aromatic nitrogens is 2. The summed E-state index contributed by atoms with van der Waals surface area (Å²) in [5, 5.41) is 16.5. The lowest BCUT2D eigenvalue weighted by atomic mass is 9.92. The van der Waals surface area contributed by atoms with E-state index in [9.17, 15) is 0 Å². The largest absolute Gasteiger partial charge is 0.462 e. The lowest BCUT2D eigenvalue weighted by molar-refractivity contribution is 0.178. The average Bonchev–Trinajstić information content (AvgIpc) is 3.15. The normalized spacial score (nSPS) is 20.0. The van der Waals surface area contributed by atoms with E-state index in [4.69, 9.17) is 9.52 Å². The van der Waals surface area contributed by atoms with Crippen molar-refractivity contribution in [3.8, 4) is 0 Å². The molecule has 3 heterocycles. The van der Waals surface area contributed by atoms with Crippen LogP contribution in [0.4, 0.5) is 0 Å². The van der Waals surface area contributed by atoms with E-state index < -0.39 is 0 Å². The minimum atomic E-state index is -0.0311. The fourth-order valence-electron chi connectivity index (χ4n) is 3.20. The van der Waals surface area contributed by atoms with Gasteiger partial charge in [-0.15, -0.1) is 0 Å². The first-order valence-electron chi connectivity index (χ1n) is 7.73. The van der Waals surface area contributed by atoms with E-state index in [1.807, 2.05) is 18.3 Å². The van der Waals surface area contributed by atoms with E-state index in [1.54, 1.807) is 0 Å². The Morgan fingerprint density at radius 3 is 3.05 bits per heavy atom. The van der Waals surface area contributed by atoms with Gasteiger partial charge in [0, 0.05) is 18.2 Å². The van der Waals surface area contributed by atoms with Crippen LogP contribution in [0.3, 0.4) is 0 Å².